The average molecular weight is 447 g/mol. The van der Waals surface area contributed by atoms with Gasteiger partial charge >= 0.3 is 0 Å². The van der Waals surface area contributed by atoms with Gasteiger partial charge in [-0.2, -0.15) is 15.2 Å². The molecule has 1 heterocycles. The number of carbonyl (C=O) groups is 1. The molecule has 3 N–H and O–H groups in total. The van der Waals surface area contributed by atoms with E-state index in [1.165, 1.54) is 0 Å². The molecular weight excluding hydrogens is 416 g/mol. The molecule has 1 aromatic heterocycles. The zero-order chi connectivity index (χ0) is 23.6. The van der Waals surface area contributed by atoms with E-state index in [1.54, 1.807) is 24.4 Å². The van der Waals surface area contributed by atoms with Crippen molar-refractivity contribution in [2.45, 2.75) is 39.2 Å². The second-order valence-corrected chi connectivity index (χ2v) is 9.51. The first kappa shape index (κ1) is 22.9. The summed E-state index contributed by atoms with van der Waals surface area (Å²) in [7, 11) is 0. The molecule has 4 rings (SSSR count). The molecule has 2 aromatic carbocycles. The van der Waals surface area contributed by atoms with E-state index in [0.717, 1.165) is 16.5 Å². The van der Waals surface area contributed by atoms with Gasteiger partial charge in [-0.05, 0) is 41.2 Å². The van der Waals surface area contributed by atoms with Crippen molar-refractivity contribution in [3.63, 3.8) is 0 Å². The van der Waals surface area contributed by atoms with Gasteiger partial charge in [0.25, 0.3) is 0 Å². The van der Waals surface area contributed by atoms with Gasteiger partial charge in [0, 0.05) is 23.2 Å². The summed E-state index contributed by atoms with van der Waals surface area (Å²) < 4.78 is 0. The third-order valence-corrected chi connectivity index (χ3v) is 5.99. The first-order valence-electron chi connectivity index (χ1n) is 11.1. The summed E-state index contributed by atoms with van der Waals surface area (Å²) in [4.78, 5) is 19.1. The Morgan fingerprint density at radius 3 is 2.58 bits per heavy atom. The lowest BCUT2D eigenvalue weighted by atomic mass is 9.87. The lowest BCUT2D eigenvalue weighted by Gasteiger charge is -2.30. The van der Waals surface area contributed by atoms with Gasteiger partial charge in [0.15, 0.2) is 5.69 Å². The zero-order valence-electron chi connectivity index (χ0n) is 19.3. The van der Waals surface area contributed by atoms with E-state index < -0.39 is 17.2 Å². The topological polar surface area (TPSA) is 94.5 Å². The van der Waals surface area contributed by atoms with Gasteiger partial charge in [-0.15, -0.1) is 0 Å². The number of H-pyrrole nitrogens is 1. The SMILES string of the molecule is CC1C=CC=CC(O[NH+]([O-])c2ccc(C(C)(C)C)cc2)C1C(=O)Nc1ccc2cn[nH]c2c1. The van der Waals surface area contributed by atoms with E-state index in [4.69, 9.17) is 4.84 Å². The third kappa shape index (κ3) is 5.22. The summed E-state index contributed by atoms with van der Waals surface area (Å²) in [5.74, 6) is -0.911. The molecule has 1 aliphatic carbocycles. The lowest BCUT2D eigenvalue weighted by molar-refractivity contribution is -1.00. The molecule has 0 spiro atoms. The highest BCUT2D eigenvalue weighted by Crippen LogP contribution is 2.26. The number of nitrogens with zero attached hydrogens (tertiary/aromatic N) is 1. The van der Waals surface area contributed by atoms with Crippen molar-refractivity contribution >= 4 is 28.2 Å². The number of hydrogen-bond acceptors (Lipinski definition) is 4. The predicted octanol–water partition coefficient (Wildman–Crippen LogP) is 4.19. The van der Waals surface area contributed by atoms with Gasteiger partial charge in [0.2, 0.25) is 5.91 Å². The normalized spacial score (nSPS) is 21.7. The molecule has 0 saturated carbocycles. The van der Waals surface area contributed by atoms with E-state index in [-0.39, 0.29) is 17.2 Å². The number of rotatable bonds is 5. The number of aromatic amines is 1. The Bertz CT molecular complexity index is 1170. The number of hydrogen-bond donors (Lipinski definition) is 3. The van der Waals surface area contributed by atoms with Crippen molar-refractivity contribution in [2.75, 3.05) is 5.32 Å². The van der Waals surface area contributed by atoms with Crippen LogP contribution in [-0.4, -0.2) is 22.2 Å². The van der Waals surface area contributed by atoms with Crippen LogP contribution in [-0.2, 0) is 15.0 Å². The maximum Gasteiger partial charge on any atom is 0.231 e. The smallest absolute Gasteiger partial charge is 0.231 e. The minimum atomic E-state index is -0.694. The molecule has 7 heteroatoms. The third-order valence-electron chi connectivity index (χ3n) is 5.99. The molecule has 0 fully saturated rings. The Morgan fingerprint density at radius 2 is 1.85 bits per heavy atom. The first-order valence-corrected chi connectivity index (χ1v) is 11.1. The van der Waals surface area contributed by atoms with Crippen molar-refractivity contribution in [3.8, 4) is 0 Å². The van der Waals surface area contributed by atoms with Gasteiger partial charge in [0.1, 0.15) is 6.10 Å². The molecule has 1 amide bonds. The molecule has 4 unspecified atom stereocenters. The van der Waals surface area contributed by atoms with Crippen LogP contribution in [0.25, 0.3) is 10.9 Å². The maximum atomic E-state index is 13.3. The van der Waals surface area contributed by atoms with Gasteiger partial charge in [0.05, 0.1) is 17.6 Å². The molecule has 0 radical (unpaired) electrons. The minimum Gasteiger partial charge on any atom is -0.595 e. The van der Waals surface area contributed by atoms with Crippen molar-refractivity contribution in [3.05, 3.63) is 83.7 Å². The van der Waals surface area contributed by atoms with E-state index >= 15 is 0 Å². The molecule has 0 bridgehead atoms. The van der Waals surface area contributed by atoms with Crippen LogP contribution in [0.2, 0.25) is 0 Å². The van der Waals surface area contributed by atoms with Crippen LogP contribution >= 0.6 is 0 Å². The molecule has 0 aliphatic heterocycles. The molecule has 4 atom stereocenters. The second-order valence-electron chi connectivity index (χ2n) is 9.51. The van der Waals surface area contributed by atoms with E-state index in [9.17, 15) is 10.0 Å². The summed E-state index contributed by atoms with van der Waals surface area (Å²) in [6, 6.07) is 13.0. The standard InChI is InChI=1S/C26H30N4O3/c1-17-7-5-6-8-23(33-30(32)21-13-10-19(11-14-21)26(2,3)4)24(17)25(31)28-20-12-9-18-16-27-29-22(18)15-20/h5-17,23-24,30H,1-4H3,(H,27,29)(H,28,31). The summed E-state index contributed by atoms with van der Waals surface area (Å²) in [5.41, 5.74) is 3.09. The van der Waals surface area contributed by atoms with Gasteiger partial charge < -0.3 is 10.5 Å². The number of anilines is 1. The van der Waals surface area contributed by atoms with E-state index in [2.05, 4.69) is 36.3 Å². The number of fused-ring (bicyclic) bond motifs is 1. The fourth-order valence-electron chi connectivity index (χ4n) is 3.99. The number of amides is 1. The average Bonchev–Trinajstić information content (AvgIpc) is 3.16. The van der Waals surface area contributed by atoms with Crippen molar-refractivity contribution in [2.24, 2.45) is 11.8 Å². The van der Waals surface area contributed by atoms with Crippen LogP contribution in [0.3, 0.4) is 0 Å². The Balaban J connectivity index is 1.51. The Morgan fingerprint density at radius 1 is 1.12 bits per heavy atom. The van der Waals surface area contributed by atoms with Gasteiger partial charge in [-0.25, -0.2) is 0 Å². The fraction of sp³-hybridized carbons (Fsp3) is 0.308. The molecule has 0 saturated heterocycles. The Labute approximate surface area is 193 Å². The number of allylic oxidation sites excluding steroid dienone is 3. The summed E-state index contributed by atoms with van der Waals surface area (Å²) in [6.07, 6.45) is 8.46. The van der Waals surface area contributed by atoms with Crippen LogP contribution in [0.15, 0.2) is 73.0 Å². The molecular formula is C26H30N4O3. The number of nitrogens with one attached hydrogen (secondary N) is 3. The quantitative estimate of drug-likeness (QED) is 0.512. The van der Waals surface area contributed by atoms with Crippen LogP contribution < -0.4 is 10.5 Å². The fourth-order valence-corrected chi connectivity index (χ4v) is 3.99. The lowest BCUT2D eigenvalue weighted by Crippen LogP contribution is -3.02. The van der Waals surface area contributed by atoms with Crippen LogP contribution in [0.5, 0.6) is 0 Å². The van der Waals surface area contributed by atoms with Gasteiger partial charge in [-0.1, -0.05) is 58.1 Å². The summed E-state index contributed by atoms with van der Waals surface area (Å²) >= 11 is 0. The highest BCUT2D eigenvalue weighted by molar-refractivity contribution is 5.95. The first-order chi connectivity index (χ1) is 15.7. The van der Waals surface area contributed by atoms with Crippen LogP contribution in [0.1, 0.15) is 33.3 Å². The monoisotopic (exact) mass is 446 g/mol. The molecule has 172 valence electrons. The van der Waals surface area contributed by atoms with Crippen molar-refractivity contribution < 1.29 is 14.9 Å². The molecule has 3 aromatic rings. The Kier molecular flexibility index (Phi) is 6.47. The number of aromatic nitrogens is 2. The zero-order valence-corrected chi connectivity index (χ0v) is 19.3. The highest BCUT2D eigenvalue weighted by Gasteiger charge is 2.35. The van der Waals surface area contributed by atoms with Crippen molar-refractivity contribution in [1.29, 1.82) is 0 Å². The maximum absolute atomic E-state index is 13.3. The number of quaternary nitrogens is 1. The molecule has 7 nitrogen and oxygen atoms in total. The summed E-state index contributed by atoms with van der Waals surface area (Å²) in [5, 5.41) is 23.3. The molecule has 1 aliphatic rings. The van der Waals surface area contributed by atoms with E-state index in [1.807, 2.05) is 55.5 Å². The minimum absolute atomic E-state index is 0.00402. The van der Waals surface area contributed by atoms with Crippen LogP contribution in [0.4, 0.5) is 11.4 Å². The Hall–Kier alpha value is -3.26. The van der Waals surface area contributed by atoms with Crippen molar-refractivity contribution in [1.82, 2.24) is 10.2 Å². The number of carbonyl (C=O) groups excluding carboxylic acids is 1. The number of benzene rings is 2. The van der Waals surface area contributed by atoms with E-state index in [0.29, 0.717) is 11.4 Å². The largest absolute Gasteiger partial charge is 0.595 e. The second kappa shape index (κ2) is 9.31. The molecule has 33 heavy (non-hydrogen) atoms. The summed E-state index contributed by atoms with van der Waals surface area (Å²) in [6.45, 7) is 8.32. The predicted molar refractivity (Wildman–Crippen MR) is 130 cm³/mol. The van der Waals surface area contributed by atoms with Crippen LogP contribution in [0, 0.1) is 17.0 Å². The van der Waals surface area contributed by atoms with Gasteiger partial charge in [-0.3, -0.25) is 9.89 Å². The highest BCUT2D eigenvalue weighted by atomic mass is 16.9.